The maximum atomic E-state index is 10.8. The number of nitrogens with zero attached hydrogens (tertiary/aromatic N) is 1. The summed E-state index contributed by atoms with van der Waals surface area (Å²) >= 11 is 0. The van der Waals surface area contributed by atoms with Crippen LogP contribution < -0.4 is 5.32 Å². The Morgan fingerprint density at radius 2 is 1.89 bits per heavy atom. The van der Waals surface area contributed by atoms with Gasteiger partial charge in [-0.05, 0) is 18.1 Å². The Kier molecular flexibility index (Phi) is 8.78. The monoisotopic (exact) mass is 268 g/mol. The maximum absolute atomic E-state index is 10.8. The number of amides is 1. The fourth-order valence-electron chi connectivity index (χ4n) is 1.18. The van der Waals surface area contributed by atoms with Crippen LogP contribution in [0.5, 0.6) is 0 Å². The second-order valence-corrected chi connectivity index (χ2v) is 3.86. The Bertz CT molecular complexity index is 343. The third kappa shape index (κ3) is 7.75. The van der Waals surface area contributed by atoms with Gasteiger partial charge in [-0.15, -0.1) is 0 Å². The lowest BCUT2D eigenvalue weighted by molar-refractivity contribution is -0.140. The van der Waals surface area contributed by atoms with Crippen LogP contribution in [0.15, 0.2) is 30.6 Å². The van der Waals surface area contributed by atoms with E-state index in [0.29, 0.717) is 6.42 Å². The highest BCUT2D eigenvalue weighted by atomic mass is 16.5. The van der Waals surface area contributed by atoms with Gasteiger partial charge in [0.05, 0.1) is 7.11 Å². The van der Waals surface area contributed by atoms with Crippen molar-refractivity contribution in [1.29, 1.82) is 0 Å². The van der Waals surface area contributed by atoms with Crippen LogP contribution in [0.2, 0.25) is 0 Å². The van der Waals surface area contributed by atoms with Crippen molar-refractivity contribution in [2.45, 2.75) is 26.3 Å². The van der Waals surface area contributed by atoms with Crippen molar-refractivity contribution in [3.8, 4) is 0 Å². The fraction of sp³-hybridized carbons (Fsp3) is 0.462. The molecule has 0 bridgehead atoms. The number of carbonyl (C=O) groups is 2. The third-order valence-corrected chi connectivity index (χ3v) is 2.50. The van der Waals surface area contributed by atoms with E-state index in [2.05, 4.69) is 15.0 Å². The highest BCUT2D eigenvalue weighted by Gasteiger charge is 2.25. The summed E-state index contributed by atoms with van der Waals surface area (Å²) in [5.41, 5.74) is 0. The van der Waals surface area contributed by atoms with Crippen LogP contribution in [0.25, 0.3) is 0 Å². The number of hydrogen-bond donors (Lipinski definition) is 2. The molecule has 1 heterocycles. The molecule has 2 atom stereocenters. The minimum atomic E-state index is -1.04. The van der Waals surface area contributed by atoms with E-state index < -0.39 is 18.1 Å². The highest BCUT2D eigenvalue weighted by Crippen LogP contribution is 2.07. The van der Waals surface area contributed by atoms with Crippen molar-refractivity contribution >= 4 is 12.1 Å². The Morgan fingerprint density at radius 3 is 2.16 bits per heavy atom. The summed E-state index contributed by atoms with van der Waals surface area (Å²) in [7, 11) is 1.20. The predicted molar refractivity (Wildman–Crippen MR) is 70.7 cm³/mol. The molecule has 2 unspecified atom stereocenters. The van der Waals surface area contributed by atoms with Crippen molar-refractivity contribution in [2.24, 2.45) is 5.92 Å². The zero-order chi connectivity index (χ0) is 14.7. The quantitative estimate of drug-likeness (QED) is 0.871. The van der Waals surface area contributed by atoms with E-state index in [1.54, 1.807) is 19.3 Å². The van der Waals surface area contributed by atoms with E-state index in [4.69, 9.17) is 5.11 Å². The molecule has 1 amide bonds. The largest absolute Gasteiger partial charge is 0.480 e. The van der Waals surface area contributed by atoms with Crippen LogP contribution in [0.3, 0.4) is 0 Å². The highest BCUT2D eigenvalue weighted by molar-refractivity contribution is 5.80. The van der Waals surface area contributed by atoms with Gasteiger partial charge in [0.25, 0.3) is 0 Å². The molecule has 19 heavy (non-hydrogen) atoms. The molecule has 0 fully saturated rings. The van der Waals surface area contributed by atoms with Gasteiger partial charge in [-0.25, -0.2) is 9.59 Å². The minimum Gasteiger partial charge on any atom is -0.480 e. The van der Waals surface area contributed by atoms with Crippen LogP contribution in [-0.2, 0) is 9.53 Å². The van der Waals surface area contributed by atoms with Crippen molar-refractivity contribution in [1.82, 2.24) is 10.3 Å². The number of nitrogens with one attached hydrogen (secondary N) is 1. The van der Waals surface area contributed by atoms with E-state index in [9.17, 15) is 9.59 Å². The molecule has 0 saturated carbocycles. The average molecular weight is 268 g/mol. The summed E-state index contributed by atoms with van der Waals surface area (Å²) in [5, 5.41) is 11.0. The van der Waals surface area contributed by atoms with Crippen molar-refractivity contribution in [2.75, 3.05) is 7.11 Å². The van der Waals surface area contributed by atoms with Gasteiger partial charge in [-0.3, -0.25) is 4.98 Å². The number of carbonyl (C=O) groups excluding carboxylic acids is 1. The molecule has 1 aromatic rings. The second-order valence-electron chi connectivity index (χ2n) is 3.86. The Balaban J connectivity index is 0.000000443. The molecule has 106 valence electrons. The average Bonchev–Trinajstić information content (AvgIpc) is 2.45. The number of ether oxygens (including phenoxy) is 1. The number of pyridine rings is 1. The molecule has 0 spiro atoms. The molecule has 0 aromatic carbocycles. The first-order chi connectivity index (χ1) is 9.02. The number of alkyl carbamates (subject to hydrolysis) is 1. The lowest BCUT2D eigenvalue weighted by Gasteiger charge is -2.18. The molecule has 0 aliphatic heterocycles. The van der Waals surface area contributed by atoms with Crippen LogP contribution in [-0.4, -0.2) is 35.3 Å². The van der Waals surface area contributed by atoms with Crippen LogP contribution in [0, 0.1) is 5.92 Å². The third-order valence-electron chi connectivity index (χ3n) is 2.50. The number of carboxylic acids is 1. The normalized spacial score (nSPS) is 12.4. The molecular formula is C13H20N2O4. The number of carboxylic acid groups (broad SMARTS) is 1. The zero-order valence-corrected chi connectivity index (χ0v) is 11.4. The van der Waals surface area contributed by atoms with E-state index in [-0.39, 0.29) is 5.92 Å². The van der Waals surface area contributed by atoms with E-state index in [0.717, 1.165) is 0 Å². The molecule has 0 saturated heterocycles. The Hall–Kier alpha value is -2.11. The first kappa shape index (κ1) is 16.9. The molecule has 0 radical (unpaired) electrons. The fourth-order valence-corrected chi connectivity index (χ4v) is 1.18. The molecule has 1 rings (SSSR count). The number of methoxy groups -OCH3 is 1. The van der Waals surface area contributed by atoms with E-state index in [1.807, 2.05) is 25.1 Å². The standard InChI is InChI=1S/C8H15NO4.C5H5N/c1-4-5(2)6(7(10)11)9-8(12)13-3;1-2-4-6-5-3-1/h5-6H,4H2,1-3H3,(H,9,12)(H,10,11);1-5H. The molecule has 0 aliphatic carbocycles. The molecule has 2 N–H and O–H groups in total. The zero-order valence-electron chi connectivity index (χ0n) is 11.4. The van der Waals surface area contributed by atoms with Gasteiger partial charge in [0, 0.05) is 12.4 Å². The Labute approximate surface area is 112 Å². The molecule has 6 heteroatoms. The molecule has 6 nitrogen and oxygen atoms in total. The molecular weight excluding hydrogens is 248 g/mol. The SMILES string of the molecule is CCC(C)C(NC(=O)OC)C(=O)O.c1ccncc1. The lowest BCUT2D eigenvalue weighted by atomic mass is 10.00. The van der Waals surface area contributed by atoms with Crippen LogP contribution in [0.4, 0.5) is 4.79 Å². The Morgan fingerprint density at radius 1 is 1.32 bits per heavy atom. The number of aromatic nitrogens is 1. The molecule has 0 aliphatic rings. The van der Waals surface area contributed by atoms with Crippen LogP contribution >= 0.6 is 0 Å². The summed E-state index contributed by atoms with van der Waals surface area (Å²) in [6.07, 6.45) is 3.47. The number of aliphatic carboxylic acids is 1. The number of hydrogen-bond acceptors (Lipinski definition) is 4. The van der Waals surface area contributed by atoms with Crippen molar-refractivity contribution < 1.29 is 19.4 Å². The van der Waals surface area contributed by atoms with E-state index in [1.165, 1.54) is 7.11 Å². The second kappa shape index (κ2) is 9.87. The summed E-state index contributed by atoms with van der Waals surface area (Å²) in [4.78, 5) is 25.2. The lowest BCUT2D eigenvalue weighted by Crippen LogP contribution is -2.44. The summed E-state index contributed by atoms with van der Waals surface area (Å²) in [5.74, 6) is -1.16. The summed E-state index contributed by atoms with van der Waals surface area (Å²) in [6, 6.07) is 4.84. The van der Waals surface area contributed by atoms with Gasteiger partial charge in [-0.1, -0.05) is 26.3 Å². The van der Waals surface area contributed by atoms with Gasteiger partial charge in [-0.2, -0.15) is 0 Å². The van der Waals surface area contributed by atoms with Crippen molar-refractivity contribution in [3.05, 3.63) is 30.6 Å². The summed E-state index contributed by atoms with van der Waals surface area (Å²) < 4.78 is 4.31. The maximum Gasteiger partial charge on any atom is 0.407 e. The first-order valence-corrected chi connectivity index (χ1v) is 5.95. The molecule has 1 aromatic heterocycles. The van der Waals surface area contributed by atoms with Gasteiger partial charge < -0.3 is 15.2 Å². The predicted octanol–water partition coefficient (Wildman–Crippen LogP) is 1.92. The van der Waals surface area contributed by atoms with Gasteiger partial charge in [0.15, 0.2) is 0 Å². The number of rotatable bonds is 4. The minimum absolute atomic E-state index is 0.114. The van der Waals surface area contributed by atoms with E-state index >= 15 is 0 Å². The smallest absolute Gasteiger partial charge is 0.407 e. The van der Waals surface area contributed by atoms with Gasteiger partial charge >= 0.3 is 12.1 Å². The van der Waals surface area contributed by atoms with Gasteiger partial charge in [0.2, 0.25) is 0 Å². The van der Waals surface area contributed by atoms with Crippen LogP contribution in [0.1, 0.15) is 20.3 Å². The summed E-state index contributed by atoms with van der Waals surface area (Å²) in [6.45, 7) is 3.62. The van der Waals surface area contributed by atoms with Crippen molar-refractivity contribution in [3.63, 3.8) is 0 Å². The topological polar surface area (TPSA) is 88.5 Å². The van der Waals surface area contributed by atoms with Gasteiger partial charge in [0.1, 0.15) is 6.04 Å². The first-order valence-electron chi connectivity index (χ1n) is 5.95.